The van der Waals surface area contributed by atoms with Gasteiger partial charge in [-0.15, -0.1) is 0 Å². The van der Waals surface area contributed by atoms with Crippen LogP contribution >= 0.6 is 11.6 Å². The molecule has 7 nitrogen and oxygen atoms in total. The van der Waals surface area contributed by atoms with E-state index in [9.17, 15) is 9.59 Å². The number of hydrogen-bond acceptors (Lipinski definition) is 5. The summed E-state index contributed by atoms with van der Waals surface area (Å²) < 4.78 is 13.5. The van der Waals surface area contributed by atoms with E-state index < -0.39 is 0 Å². The molecule has 0 aliphatic carbocycles. The number of hydrazone groups is 1. The second-order valence-electron chi connectivity index (χ2n) is 8.76. The maximum atomic E-state index is 12.9. The van der Waals surface area contributed by atoms with Gasteiger partial charge >= 0.3 is 0 Å². The molecule has 0 radical (unpaired) electrons. The highest BCUT2D eigenvalue weighted by molar-refractivity contribution is 6.31. The molecular formula is C31H26ClN3O4. The van der Waals surface area contributed by atoms with E-state index in [0.29, 0.717) is 51.5 Å². The van der Waals surface area contributed by atoms with Gasteiger partial charge in [-0.3, -0.25) is 9.59 Å². The second-order valence-corrected chi connectivity index (χ2v) is 9.17. The molecule has 1 amide bonds. The van der Waals surface area contributed by atoms with E-state index in [1.807, 2.05) is 78.2 Å². The lowest BCUT2D eigenvalue weighted by molar-refractivity contribution is -0.121. The molecule has 1 aromatic heterocycles. The van der Waals surface area contributed by atoms with Crippen LogP contribution in [0.4, 0.5) is 0 Å². The summed E-state index contributed by atoms with van der Waals surface area (Å²) in [5, 5.41) is 5.90. The molecule has 8 heteroatoms. The summed E-state index contributed by atoms with van der Waals surface area (Å²) in [6, 6.07) is 27.5. The zero-order valence-corrected chi connectivity index (χ0v) is 22.0. The number of fused-ring (bicyclic) bond motifs is 2. The molecule has 39 heavy (non-hydrogen) atoms. The van der Waals surface area contributed by atoms with Gasteiger partial charge in [-0.25, -0.2) is 5.43 Å². The fourth-order valence-electron chi connectivity index (χ4n) is 4.37. The number of para-hydroxylation sites is 2. The van der Waals surface area contributed by atoms with Crippen LogP contribution in [0.5, 0.6) is 11.5 Å². The first-order valence-electron chi connectivity index (χ1n) is 12.5. The first-order valence-corrected chi connectivity index (χ1v) is 12.9. The van der Waals surface area contributed by atoms with Gasteiger partial charge in [0.05, 0.1) is 23.9 Å². The summed E-state index contributed by atoms with van der Waals surface area (Å²) in [6.07, 6.45) is 1.54. The van der Waals surface area contributed by atoms with E-state index >= 15 is 0 Å². The summed E-state index contributed by atoms with van der Waals surface area (Å²) in [6.45, 7) is 2.65. The number of carbonyl (C=O) groups excluding carboxylic acids is 1. The van der Waals surface area contributed by atoms with E-state index in [0.717, 1.165) is 11.1 Å². The van der Waals surface area contributed by atoms with Crippen LogP contribution in [0.3, 0.4) is 0 Å². The van der Waals surface area contributed by atoms with Gasteiger partial charge in [0.1, 0.15) is 13.2 Å². The van der Waals surface area contributed by atoms with Crippen molar-refractivity contribution in [2.75, 3.05) is 6.61 Å². The number of ether oxygens (including phenoxy) is 2. The monoisotopic (exact) mass is 539 g/mol. The Morgan fingerprint density at radius 1 is 0.897 bits per heavy atom. The van der Waals surface area contributed by atoms with Crippen LogP contribution in [0.2, 0.25) is 5.02 Å². The van der Waals surface area contributed by atoms with Crippen LogP contribution in [0.1, 0.15) is 18.1 Å². The zero-order valence-electron chi connectivity index (χ0n) is 21.3. The summed E-state index contributed by atoms with van der Waals surface area (Å²) in [4.78, 5) is 25.8. The van der Waals surface area contributed by atoms with Crippen LogP contribution in [-0.4, -0.2) is 23.3 Å². The number of nitrogens with zero attached hydrogens (tertiary/aromatic N) is 2. The second kappa shape index (κ2) is 11.8. The Bertz CT molecular complexity index is 1690. The molecule has 1 heterocycles. The molecule has 0 spiro atoms. The van der Waals surface area contributed by atoms with Gasteiger partial charge in [0.2, 0.25) is 0 Å². The van der Waals surface area contributed by atoms with Crippen LogP contribution < -0.4 is 20.3 Å². The number of hydrogen-bond donors (Lipinski definition) is 1. The highest BCUT2D eigenvalue weighted by Gasteiger charge is 2.13. The highest BCUT2D eigenvalue weighted by Crippen LogP contribution is 2.29. The largest absolute Gasteiger partial charge is 0.490 e. The highest BCUT2D eigenvalue weighted by atomic mass is 35.5. The number of carbonyl (C=O) groups is 1. The zero-order chi connectivity index (χ0) is 27.2. The number of halogens is 1. The van der Waals surface area contributed by atoms with Gasteiger partial charge in [-0.05, 0) is 61.0 Å². The molecule has 0 bridgehead atoms. The molecule has 0 fully saturated rings. The fourth-order valence-corrected chi connectivity index (χ4v) is 4.56. The molecule has 0 aliphatic rings. The lowest BCUT2D eigenvalue weighted by Crippen LogP contribution is -2.25. The average Bonchev–Trinajstić information content (AvgIpc) is 2.96. The third-order valence-electron chi connectivity index (χ3n) is 6.19. The minimum absolute atomic E-state index is 0.00232. The maximum absolute atomic E-state index is 12.9. The quantitative estimate of drug-likeness (QED) is 0.143. The molecular weight excluding hydrogens is 514 g/mol. The first-order chi connectivity index (χ1) is 19.0. The standard InChI is InChI=1S/C31H26ClN3O4/c1-2-38-29-17-21(15-16-28(29)39-20-22-9-3-6-12-25(22)32)18-33-34-30(36)19-35-26-13-7-4-10-23(26)31(37)24-11-5-8-14-27(24)35/h3-18H,2,19-20H2,1H3,(H,34,36)/b33-18-. The first kappa shape index (κ1) is 26.0. The summed E-state index contributed by atoms with van der Waals surface area (Å²) >= 11 is 6.24. The van der Waals surface area contributed by atoms with E-state index in [2.05, 4.69) is 10.5 Å². The SMILES string of the molecule is CCOc1cc(/C=N\NC(=O)Cn2c3ccccc3c(=O)c3ccccc32)ccc1OCc1ccccc1Cl. The van der Waals surface area contributed by atoms with E-state index in [1.54, 1.807) is 30.5 Å². The van der Waals surface area contributed by atoms with Crippen LogP contribution in [0, 0.1) is 0 Å². The smallest absolute Gasteiger partial charge is 0.260 e. The molecule has 1 N–H and O–H groups in total. The Morgan fingerprint density at radius 2 is 1.56 bits per heavy atom. The molecule has 0 saturated carbocycles. The summed E-state index contributed by atoms with van der Waals surface area (Å²) in [5.41, 5.74) is 5.51. The lowest BCUT2D eigenvalue weighted by atomic mass is 10.1. The number of rotatable bonds is 9. The molecule has 5 aromatic rings. The molecule has 0 saturated heterocycles. The third-order valence-corrected chi connectivity index (χ3v) is 6.56. The van der Waals surface area contributed by atoms with E-state index in [1.165, 1.54) is 0 Å². The molecule has 196 valence electrons. The van der Waals surface area contributed by atoms with Crippen molar-refractivity contribution in [2.45, 2.75) is 20.1 Å². The van der Waals surface area contributed by atoms with Gasteiger partial charge < -0.3 is 14.0 Å². The predicted molar refractivity (Wildman–Crippen MR) is 155 cm³/mol. The molecule has 0 unspecified atom stereocenters. The lowest BCUT2D eigenvalue weighted by Gasteiger charge is -2.14. The Labute approximate surface area is 230 Å². The Balaban J connectivity index is 1.31. The van der Waals surface area contributed by atoms with Crippen LogP contribution in [-0.2, 0) is 17.9 Å². The summed E-state index contributed by atoms with van der Waals surface area (Å²) in [7, 11) is 0. The molecule has 0 atom stereocenters. The Hall–Kier alpha value is -4.62. The van der Waals surface area contributed by atoms with Gasteiger partial charge in [0, 0.05) is 21.4 Å². The average molecular weight is 540 g/mol. The maximum Gasteiger partial charge on any atom is 0.260 e. The van der Waals surface area contributed by atoms with Gasteiger partial charge in [0.15, 0.2) is 16.9 Å². The Kier molecular flexibility index (Phi) is 7.89. The van der Waals surface area contributed by atoms with Gasteiger partial charge in [-0.1, -0.05) is 54.1 Å². The molecule has 4 aromatic carbocycles. The van der Waals surface area contributed by atoms with Crippen molar-refractivity contribution >= 4 is 45.5 Å². The number of pyridine rings is 1. The van der Waals surface area contributed by atoms with Gasteiger partial charge in [0.25, 0.3) is 5.91 Å². The van der Waals surface area contributed by atoms with Crippen molar-refractivity contribution in [3.63, 3.8) is 0 Å². The van der Waals surface area contributed by atoms with Crippen molar-refractivity contribution in [3.05, 3.63) is 117 Å². The molecule has 5 rings (SSSR count). The fraction of sp³-hybridized carbons (Fsp3) is 0.129. The number of nitrogens with one attached hydrogen (secondary N) is 1. The topological polar surface area (TPSA) is 81.9 Å². The van der Waals surface area contributed by atoms with Crippen LogP contribution in [0.15, 0.2) is 101 Å². The van der Waals surface area contributed by atoms with Crippen molar-refractivity contribution < 1.29 is 14.3 Å². The normalized spacial score (nSPS) is 11.2. The third kappa shape index (κ3) is 5.78. The van der Waals surface area contributed by atoms with E-state index in [4.69, 9.17) is 21.1 Å². The number of aromatic nitrogens is 1. The Morgan fingerprint density at radius 3 is 2.26 bits per heavy atom. The van der Waals surface area contributed by atoms with Crippen molar-refractivity contribution in [3.8, 4) is 11.5 Å². The van der Waals surface area contributed by atoms with Crippen LogP contribution in [0.25, 0.3) is 21.8 Å². The van der Waals surface area contributed by atoms with E-state index in [-0.39, 0.29) is 17.9 Å². The summed E-state index contributed by atoms with van der Waals surface area (Å²) in [5.74, 6) is 0.816. The minimum atomic E-state index is -0.324. The minimum Gasteiger partial charge on any atom is -0.490 e. The van der Waals surface area contributed by atoms with Crippen molar-refractivity contribution in [1.82, 2.24) is 9.99 Å². The number of amides is 1. The van der Waals surface area contributed by atoms with Gasteiger partial charge in [-0.2, -0.15) is 5.10 Å². The molecule has 0 aliphatic heterocycles. The van der Waals surface area contributed by atoms with Crippen molar-refractivity contribution in [1.29, 1.82) is 0 Å². The number of benzene rings is 4. The van der Waals surface area contributed by atoms with Crippen molar-refractivity contribution in [2.24, 2.45) is 5.10 Å². The predicted octanol–water partition coefficient (Wildman–Crippen LogP) is 5.94.